The maximum Gasteiger partial charge on any atom is 0.229 e. The number of nitrogens with zero attached hydrogens (tertiary/aromatic N) is 1. The van der Waals surface area contributed by atoms with Gasteiger partial charge in [-0.05, 0) is 11.5 Å². The number of anilines is 2. The molecule has 0 radical (unpaired) electrons. The number of rotatable bonds is 5. The zero-order valence-corrected chi connectivity index (χ0v) is 17.4. The number of fused-ring (bicyclic) bond motifs is 1. The Balaban J connectivity index is 1.57. The lowest BCUT2D eigenvalue weighted by molar-refractivity contribution is -0.122. The topological polar surface area (TPSA) is 67.9 Å². The summed E-state index contributed by atoms with van der Waals surface area (Å²) in [5, 5.41) is 5.27. The van der Waals surface area contributed by atoms with Crippen LogP contribution in [0.15, 0.2) is 54.6 Å². The van der Waals surface area contributed by atoms with Crippen molar-refractivity contribution in [1.82, 2.24) is 0 Å². The molecule has 0 aromatic heterocycles. The van der Waals surface area contributed by atoms with Crippen LogP contribution < -0.4 is 19.7 Å². The number of hydrogen-bond acceptors (Lipinski definition) is 4. The lowest BCUT2D eigenvalue weighted by Crippen LogP contribution is -2.28. The smallest absolute Gasteiger partial charge is 0.229 e. The molecule has 0 bridgehead atoms. The quantitative estimate of drug-likeness (QED) is 0.654. The van der Waals surface area contributed by atoms with Gasteiger partial charge in [0, 0.05) is 30.5 Å². The van der Waals surface area contributed by atoms with E-state index in [0.29, 0.717) is 28.8 Å². The molecular formula is C23H21ClN2O4. The first kappa shape index (κ1) is 20.0. The highest BCUT2D eigenvalue weighted by Gasteiger charge is 2.36. The number of benzene rings is 3. The van der Waals surface area contributed by atoms with Crippen molar-refractivity contribution in [3.8, 4) is 11.5 Å². The highest BCUT2D eigenvalue weighted by Crippen LogP contribution is 2.37. The van der Waals surface area contributed by atoms with Gasteiger partial charge in [-0.3, -0.25) is 9.59 Å². The van der Waals surface area contributed by atoms with E-state index in [9.17, 15) is 9.59 Å². The third-order valence-corrected chi connectivity index (χ3v) is 5.58. The van der Waals surface area contributed by atoms with Crippen LogP contribution >= 0.6 is 11.6 Å². The maximum absolute atomic E-state index is 12.9. The van der Waals surface area contributed by atoms with Crippen LogP contribution in [-0.2, 0) is 9.59 Å². The zero-order chi connectivity index (χ0) is 21.3. The van der Waals surface area contributed by atoms with Crippen molar-refractivity contribution in [2.45, 2.75) is 6.42 Å². The van der Waals surface area contributed by atoms with Crippen molar-refractivity contribution >= 4 is 45.6 Å². The Kier molecular flexibility index (Phi) is 5.50. The molecule has 1 fully saturated rings. The van der Waals surface area contributed by atoms with Gasteiger partial charge >= 0.3 is 0 Å². The largest absolute Gasteiger partial charge is 0.495 e. The van der Waals surface area contributed by atoms with E-state index in [1.807, 2.05) is 42.5 Å². The Bertz CT molecular complexity index is 1130. The van der Waals surface area contributed by atoms with Crippen LogP contribution in [0.2, 0.25) is 5.02 Å². The van der Waals surface area contributed by atoms with Crippen LogP contribution in [0.4, 0.5) is 11.4 Å². The number of methoxy groups -OCH3 is 2. The van der Waals surface area contributed by atoms with E-state index in [-0.39, 0.29) is 18.2 Å². The van der Waals surface area contributed by atoms with E-state index < -0.39 is 5.92 Å². The molecule has 1 saturated heterocycles. The number of carbonyl (C=O) groups is 2. The molecule has 1 atom stereocenters. The van der Waals surface area contributed by atoms with Crippen LogP contribution in [0.25, 0.3) is 10.8 Å². The van der Waals surface area contributed by atoms with E-state index in [1.54, 1.807) is 17.0 Å². The van der Waals surface area contributed by atoms with Gasteiger partial charge in [0.25, 0.3) is 0 Å². The highest BCUT2D eigenvalue weighted by atomic mass is 35.5. The first-order valence-electron chi connectivity index (χ1n) is 9.52. The number of amides is 2. The first-order chi connectivity index (χ1) is 14.5. The summed E-state index contributed by atoms with van der Waals surface area (Å²) in [5.41, 5.74) is 1.26. The first-order valence-corrected chi connectivity index (χ1v) is 9.90. The molecule has 0 saturated carbocycles. The van der Waals surface area contributed by atoms with Crippen molar-refractivity contribution in [3.05, 3.63) is 59.6 Å². The summed E-state index contributed by atoms with van der Waals surface area (Å²) in [6.07, 6.45) is 0.141. The number of carbonyl (C=O) groups excluding carboxylic acids is 2. The number of halogens is 1. The second kappa shape index (κ2) is 8.24. The molecule has 0 spiro atoms. The number of nitrogens with one attached hydrogen (secondary N) is 1. The molecule has 154 valence electrons. The Labute approximate surface area is 179 Å². The predicted molar refractivity (Wildman–Crippen MR) is 118 cm³/mol. The third-order valence-electron chi connectivity index (χ3n) is 5.29. The van der Waals surface area contributed by atoms with Crippen LogP contribution in [0.3, 0.4) is 0 Å². The molecule has 30 heavy (non-hydrogen) atoms. The van der Waals surface area contributed by atoms with Gasteiger partial charge in [-0.25, -0.2) is 0 Å². The second-order valence-corrected chi connectivity index (χ2v) is 7.49. The van der Waals surface area contributed by atoms with Gasteiger partial charge in [-0.2, -0.15) is 0 Å². The Morgan fingerprint density at radius 3 is 2.57 bits per heavy atom. The van der Waals surface area contributed by atoms with Crippen LogP contribution in [0.1, 0.15) is 6.42 Å². The monoisotopic (exact) mass is 424 g/mol. The standard InChI is InChI=1S/C23H21ClN2O4/c1-29-20-12-18(21(30-2)11-17(20)24)25-23(28)15-10-22(27)26(13-15)19-9-5-7-14-6-3-4-8-16(14)19/h3-9,11-12,15H,10,13H2,1-2H3,(H,25,28). The summed E-state index contributed by atoms with van der Waals surface area (Å²) in [7, 11) is 2.99. The summed E-state index contributed by atoms with van der Waals surface area (Å²) in [6.45, 7) is 0.311. The Morgan fingerprint density at radius 2 is 1.80 bits per heavy atom. The molecule has 4 rings (SSSR count). The van der Waals surface area contributed by atoms with Crippen molar-refractivity contribution in [1.29, 1.82) is 0 Å². The van der Waals surface area contributed by atoms with E-state index >= 15 is 0 Å². The van der Waals surface area contributed by atoms with Gasteiger partial charge in [0.1, 0.15) is 11.5 Å². The molecule has 3 aromatic rings. The molecule has 7 heteroatoms. The lowest BCUT2D eigenvalue weighted by atomic mass is 10.1. The van der Waals surface area contributed by atoms with Crippen molar-refractivity contribution in [3.63, 3.8) is 0 Å². The SMILES string of the molecule is COc1cc(NC(=O)C2CC(=O)N(c3cccc4ccccc34)C2)c(OC)cc1Cl. The van der Waals surface area contributed by atoms with Crippen LogP contribution in [0, 0.1) is 5.92 Å². The molecule has 1 N–H and O–H groups in total. The molecule has 3 aromatic carbocycles. The average molecular weight is 425 g/mol. The third kappa shape index (κ3) is 3.66. The second-order valence-electron chi connectivity index (χ2n) is 7.08. The minimum atomic E-state index is -0.483. The molecule has 1 aliphatic heterocycles. The lowest BCUT2D eigenvalue weighted by Gasteiger charge is -2.19. The van der Waals surface area contributed by atoms with E-state index in [2.05, 4.69) is 5.32 Å². The molecule has 2 amide bonds. The van der Waals surface area contributed by atoms with Gasteiger partial charge in [-0.1, -0.05) is 48.0 Å². The highest BCUT2D eigenvalue weighted by molar-refractivity contribution is 6.32. The summed E-state index contributed by atoms with van der Waals surface area (Å²) in [4.78, 5) is 27.4. The van der Waals surface area contributed by atoms with Gasteiger partial charge in [0.15, 0.2) is 0 Å². The fourth-order valence-electron chi connectivity index (χ4n) is 3.75. The minimum Gasteiger partial charge on any atom is -0.495 e. The summed E-state index contributed by atoms with van der Waals surface area (Å²) in [5.74, 6) is 0.0285. The van der Waals surface area contributed by atoms with Crippen molar-refractivity contribution < 1.29 is 19.1 Å². The van der Waals surface area contributed by atoms with Crippen molar-refractivity contribution in [2.24, 2.45) is 5.92 Å². The van der Waals surface area contributed by atoms with Crippen molar-refractivity contribution in [2.75, 3.05) is 31.0 Å². The molecule has 1 heterocycles. The van der Waals surface area contributed by atoms with E-state index in [0.717, 1.165) is 16.5 Å². The predicted octanol–water partition coefficient (Wildman–Crippen LogP) is 4.50. The Hall–Kier alpha value is -3.25. The number of hydrogen-bond donors (Lipinski definition) is 1. The average Bonchev–Trinajstić information content (AvgIpc) is 3.15. The maximum atomic E-state index is 12.9. The van der Waals surface area contributed by atoms with Gasteiger partial charge in [-0.15, -0.1) is 0 Å². The van der Waals surface area contributed by atoms with E-state index in [4.69, 9.17) is 21.1 Å². The summed E-state index contributed by atoms with van der Waals surface area (Å²) >= 11 is 6.13. The normalized spacial score (nSPS) is 16.0. The summed E-state index contributed by atoms with van der Waals surface area (Å²) in [6, 6.07) is 16.9. The van der Waals surface area contributed by atoms with Crippen LogP contribution in [-0.4, -0.2) is 32.6 Å². The van der Waals surface area contributed by atoms with Gasteiger partial charge < -0.3 is 19.7 Å². The molecule has 1 unspecified atom stereocenters. The number of ether oxygens (including phenoxy) is 2. The fraction of sp³-hybridized carbons (Fsp3) is 0.217. The minimum absolute atomic E-state index is 0.0767. The molecule has 0 aliphatic carbocycles. The molecular weight excluding hydrogens is 404 g/mol. The van der Waals surface area contributed by atoms with Gasteiger partial charge in [0.2, 0.25) is 11.8 Å². The zero-order valence-electron chi connectivity index (χ0n) is 16.6. The Morgan fingerprint density at radius 1 is 1.07 bits per heavy atom. The van der Waals surface area contributed by atoms with Gasteiger partial charge in [0.05, 0.1) is 36.5 Å². The van der Waals surface area contributed by atoms with Crippen LogP contribution in [0.5, 0.6) is 11.5 Å². The van der Waals surface area contributed by atoms with E-state index in [1.165, 1.54) is 14.2 Å². The summed E-state index contributed by atoms with van der Waals surface area (Å²) < 4.78 is 10.5. The molecule has 1 aliphatic rings. The fourth-order valence-corrected chi connectivity index (χ4v) is 3.98. The molecule has 6 nitrogen and oxygen atoms in total.